The summed E-state index contributed by atoms with van der Waals surface area (Å²) in [5.41, 5.74) is 2.20. The van der Waals surface area contributed by atoms with Gasteiger partial charge in [-0.15, -0.1) is 0 Å². The second-order valence-electron chi connectivity index (χ2n) is 7.08. The zero-order valence-corrected chi connectivity index (χ0v) is 18.0. The van der Waals surface area contributed by atoms with Crippen LogP contribution in [0.4, 0.5) is 5.82 Å². The van der Waals surface area contributed by atoms with Gasteiger partial charge in [-0.1, -0.05) is 0 Å². The van der Waals surface area contributed by atoms with Crippen LogP contribution >= 0.6 is 0 Å². The molecule has 0 aliphatic heterocycles. The summed E-state index contributed by atoms with van der Waals surface area (Å²) in [6, 6.07) is 6.66. The number of nitrogens with zero attached hydrogens (tertiary/aromatic N) is 4. The van der Waals surface area contributed by atoms with Crippen LogP contribution in [0.5, 0.6) is 0 Å². The van der Waals surface area contributed by atoms with Crippen molar-refractivity contribution in [2.45, 2.75) is 33.6 Å². The highest BCUT2D eigenvalue weighted by Gasteiger charge is 2.15. The van der Waals surface area contributed by atoms with Gasteiger partial charge < -0.3 is 19.8 Å². The van der Waals surface area contributed by atoms with E-state index in [1.54, 1.807) is 25.1 Å². The van der Waals surface area contributed by atoms with Gasteiger partial charge in [-0.25, -0.2) is 9.97 Å². The van der Waals surface area contributed by atoms with Crippen LogP contribution in [0.15, 0.2) is 34.9 Å². The van der Waals surface area contributed by atoms with Gasteiger partial charge in [0.25, 0.3) is 17.8 Å². The third-order valence-electron chi connectivity index (χ3n) is 4.21. The van der Waals surface area contributed by atoms with Gasteiger partial charge in [0.05, 0.1) is 12.0 Å². The largest absolute Gasteiger partial charge is 0.459 e. The number of amides is 2. The highest BCUT2D eigenvalue weighted by atomic mass is 16.5. The van der Waals surface area contributed by atoms with Gasteiger partial charge >= 0.3 is 5.97 Å². The lowest BCUT2D eigenvalue weighted by atomic mass is 10.3. The van der Waals surface area contributed by atoms with E-state index in [4.69, 9.17) is 9.15 Å². The Morgan fingerprint density at radius 3 is 2.53 bits per heavy atom. The number of ether oxygens (including phenoxy) is 1. The quantitative estimate of drug-likeness (QED) is 0.379. The second kappa shape index (κ2) is 10.3. The van der Waals surface area contributed by atoms with E-state index in [-0.39, 0.29) is 24.6 Å². The molecular weight excluding hydrogens is 416 g/mol. The first-order chi connectivity index (χ1) is 15.3. The van der Waals surface area contributed by atoms with Crippen molar-refractivity contribution in [2.75, 3.05) is 18.5 Å². The topological polar surface area (TPSA) is 141 Å². The summed E-state index contributed by atoms with van der Waals surface area (Å²) in [6.07, 6.45) is 1.82. The molecule has 2 N–H and O–H groups in total. The van der Waals surface area contributed by atoms with Gasteiger partial charge in [0.2, 0.25) is 0 Å². The van der Waals surface area contributed by atoms with E-state index < -0.39 is 18.5 Å². The highest BCUT2D eigenvalue weighted by molar-refractivity contribution is 5.92. The molecule has 0 fully saturated rings. The predicted molar refractivity (Wildman–Crippen MR) is 113 cm³/mol. The van der Waals surface area contributed by atoms with Crippen molar-refractivity contribution in [3.63, 3.8) is 0 Å². The zero-order valence-electron chi connectivity index (χ0n) is 18.0. The molecule has 0 unspecified atom stereocenters. The van der Waals surface area contributed by atoms with Crippen LogP contribution in [0.3, 0.4) is 0 Å². The molecule has 3 heterocycles. The zero-order chi connectivity index (χ0) is 23.1. The smallest absolute Gasteiger partial charge is 0.306 e. The SMILES string of the molecule is Cc1cc(C)nc(-n2nc(C)cc2NC(=O)COC(=O)CCCNC(=O)c2ccco2)n1. The summed E-state index contributed by atoms with van der Waals surface area (Å²) in [5, 5.41) is 9.61. The third kappa shape index (κ3) is 6.24. The van der Waals surface area contributed by atoms with Crippen molar-refractivity contribution in [3.8, 4) is 5.95 Å². The van der Waals surface area contributed by atoms with Gasteiger partial charge in [0, 0.05) is 30.4 Å². The molecule has 0 bridgehead atoms. The summed E-state index contributed by atoms with van der Waals surface area (Å²) in [7, 11) is 0. The number of furan rings is 1. The fourth-order valence-corrected chi connectivity index (χ4v) is 2.87. The molecule has 2 amide bonds. The summed E-state index contributed by atoms with van der Waals surface area (Å²) < 4.78 is 11.4. The number of nitrogens with one attached hydrogen (secondary N) is 2. The summed E-state index contributed by atoms with van der Waals surface area (Å²) in [5.74, 6) is -0.522. The lowest BCUT2D eigenvalue weighted by Gasteiger charge is -2.09. The van der Waals surface area contributed by atoms with Crippen molar-refractivity contribution in [1.82, 2.24) is 25.1 Å². The first-order valence-electron chi connectivity index (χ1n) is 9.98. The fraction of sp³-hybridized carbons (Fsp3) is 0.333. The van der Waals surface area contributed by atoms with Gasteiger partial charge in [0.1, 0.15) is 5.82 Å². The maximum atomic E-state index is 12.3. The number of carbonyl (C=O) groups excluding carboxylic acids is 3. The number of aryl methyl sites for hydroxylation is 3. The molecule has 32 heavy (non-hydrogen) atoms. The molecule has 0 saturated heterocycles. The average molecular weight is 440 g/mol. The van der Waals surface area contributed by atoms with Crippen LogP contribution < -0.4 is 10.6 Å². The van der Waals surface area contributed by atoms with Crippen molar-refractivity contribution in [3.05, 3.63) is 53.4 Å². The Balaban J connectivity index is 1.45. The molecule has 3 aromatic rings. The molecule has 0 spiro atoms. The second-order valence-corrected chi connectivity index (χ2v) is 7.08. The Hall–Kier alpha value is -4.02. The Bertz CT molecular complexity index is 1090. The first-order valence-corrected chi connectivity index (χ1v) is 9.98. The number of hydrogen-bond acceptors (Lipinski definition) is 8. The van der Waals surface area contributed by atoms with E-state index in [1.807, 2.05) is 19.9 Å². The molecule has 0 atom stereocenters. The standard InChI is InChI=1S/C21H24N6O5/c1-13-10-14(2)24-21(23-13)27-17(11-15(3)26-27)25-18(28)12-32-19(29)7-4-8-22-20(30)16-6-5-9-31-16/h5-6,9-11H,4,7-8,12H2,1-3H3,(H,22,30)(H,25,28). The Morgan fingerprint density at radius 1 is 1.09 bits per heavy atom. The van der Waals surface area contributed by atoms with Crippen LogP contribution in [0.25, 0.3) is 5.95 Å². The van der Waals surface area contributed by atoms with Gasteiger partial charge in [0.15, 0.2) is 12.4 Å². The molecule has 11 nitrogen and oxygen atoms in total. The maximum absolute atomic E-state index is 12.3. The van der Waals surface area contributed by atoms with Crippen LogP contribution in [0.1, 0.15) is 40.5 Å². The molecule has 0 aromatic carbocycles. The number of aromatic nitrogens is 4. The van der Waals surface area contributed by atoms with E-state index >= 15 is 0 Å². The Morgan fingerprint density at radius 2 is 1.84 bits per heavy atom. The minimum atomic E-state index is -0.547. The van der Waals surface area contributed by atoms with Crippen molar-refractivity contribution in [2.24, 2.45) is 0 Å². The van der Waals surface area contributed by atoms with Crippen molar-refractivity contribution < 1.29 is 23.5 Å². The normalized spacial score (nSPS) is 10.6. The summed E-state index contributed by atoms with van der Waals surface area (Å²) in [6.45, 7) is 5.29. The maximum Gasteiger partial charge on any atom is 0.306 e. The molecular formula is C21H24N6O5. The summed E-state index contributed by atoms with van der Waals surface area (Å²) >= 11 is 0. The van der Waals surface area contributed by atoms with E-state index in [0.717, 1.165) is 11.4 Å². The van der Waals surface area contributed by atoms with Crippen LogP contribution in [0, 0.1) is 20.8 Å². The van der Waals surface area contributed by atoms with Crippen LogP contribution in [0.2, 0.25) is 0 Å². The minimum absolute atomic E-state index is 0.0547. The molecule has 0 aliphatic rings. The van der Waals surface area contributed by atoms with E-state index in [9.17, 15) is 14.4 Å². The van der Waals surface area contributed by atoms with Crippen molar-refractivity contribution >= 4 is 23.6 Å². The first kappa shape index (κ1) is 22.7. The lowest BCUT2D eigenvalue weighted by Crippen LogP contribution is -2.25. The summed E-state index contributed by atoms with van der Waals surface area (Å²) in [4.78, 5) is 44.5. The highest BCUT2D eigenvalue weighted by Crippen LogP contribution is 2.15. The van der Waals surface area contributed by atoms with Crippen molar-refractivity contribution in [1.29, 1.82) is 0 Å². The fourth-order valence-electron chi connectivity index (χ4n) is 2.87. The van der Waals surface area contributed by atoms with E-state index in [2.05, 4.69) is 25.7 Å². The van der Waals surface area contributed by atoms with Gasteiger partial charge in [-0.3, -0.25) is 14.4 Å². The monoisotopic (exact) mass is 440 g/mol. The molecule has 0 saturated carbocycles. The Kier molecular flexibility index (Phi) is 7.32. The number of rotatable bonds is 9. The molecule has 168 valence electrons. The van der Waals surface area contributed by atoms with Crippen LogP contribution in [-0.2, 0) is 14.3 Å². The number of esters is 1. The Labute approximate surface area is 184 Å². The molecule has 3 aromatic heterocycles. The third-order valence-corrected chi connectivity index (χ3v) is 4.21. The molecule has 0 radical (unpaired) electrons. The molecule has 0 aliphatic carbocycles. The number of anilines is 1. The predicted octanol–water partition coefficient (Wildman–Crippen LogP) is 1.87. The molecule has 3 rings (SSSR count). The van der Waals surface area contributed by atoms with Gasteiger partial charge in [-0.2, -0.15) is 9.78 Å². The van der Waals surface area contributed by atoms with E-state index in [1.165, 1.54) is 10.9 Å². The van der Waals surface area contributed by atoms with E-state index in [0.29, 0.717) is 23.9 Å². The van der Waals surface area contributed by atoms with Crippen LogP contribution in [-0.4, -0.2) is 50.7 Å². The minimum Gasteiger partial charge on any atom is -0.459 e. The average Bonchev–Trinajstić information content (AvgIpc) is 3.39. The van der Waals surface area contributed by atoms with Gasteiger partial charge in [-0.05, 0) is 45.4 Å². The number of hydrogen-bond donors (Lipinski definition) is 2. The molecule has 11 heteroatoms. The number of carbonyl (C=O) groups is 3. The lowest BCUT2D eigenvalue weighted by molar-refractivity contribution is -0.147.